The molecule has 0 saturated carbocycles. The smallest absolute Gasteiger partial charge is 0.404 e. The first-order valence-electron chi connectivity index (χ1n) is 4.83. The van der Waals surface area contributed by atoms with Crippen LogP contribution in [0.15, 0.2) is 0 Å². The first-order valence-corrected chi connectivity index (χ1v) is 4.83. The number of carboxylic acids is 1. The average molecular weight is 260 g/mol. The summed E-state index contributed by atoms with van der Waals surface area (Å²) in [6, 6.07) is 0. The Morgan fingerprint density at radius 1 is 1.18 bits per heavy atom. The Labute approximate surface area is 96.5 Å². The van der Waals surface area contributed by atoms with Gasteiger partial charge in [0.15, 0.2) is 5.92 Å². The maximum Gasteiger partial charge on any atom is 0.404 e. The van der Waals surface area contributed by atoms with E-state index in [-0.39, 0.29) is 13.2 Å². The molecule has 17 heavy (non-hydrogen) atoms. The normalized spacial score (nSPS) is 13.6. The number of carboxylic acid groups (broad SMARTS) is 1. The zero-order valence-corrected chi connectivity index (χ0v) is 9.33. The fourth-order valence-corrected chi connectivity index (χ4v) is 0.869. The van der Waals surface area contributed by atoms with Gasteiger partial charge in [-0.2, -0.15) is 13.2 Å². The van der Waals surface area contributed by atoms with E-state index in [0.717, 1.165) is 0 Å². The second kappa shape index (κ2) is 8.26. The number of methoxy groups -OCH3 is 1. The van der Waals surface area contributed by atoms with Gasteiger partial charge in [0, 0.05) is 7.11 Å². The molecular weight excluding hydrogens is 245 g/mol. The van der Waals surface area contributed by atoms with E-state index in [9.17, 15) is 18.0 Å². The van der Waals surface area contributed by atoms with E-state index in [0.29, 0.717) is 13.2 Å². The highest BCUT2D eigenvalue weighted by molar-refractivity contribution is 5.71. The van der Waals surface area contributed by atoms with Crippen LogP contribution in [0, 0.1) is 5.92 Å². The molecule has 1 atom stereocenters. The predicted octanol–water partition coefficient (Wildman–Crippen LogP) is 0.929. The van der Waals surface area contributed by atoms with E-state index in [1.165, 1.54) is 7.11 Å². The van der Waals surface area contributed by atoms with Gasteiger partial charge >= 0.3 is 12.1 Å². The van der Waals surface area contributed by atoms with Crippen LogP contribution >= 0.6 is 0 Å². The molecule has 102 valence electrons. The van der Waals surface area contributed by atoms with Gasteiger partial charge in [0.1, 0.15) is 0 Å². The minimum Gasteiger partial charge on any atom is -0.481 e. The van der Waals surface area contributed by atoms with Crippen LogP contribution in [0.4, 0.5) is 13.2 Å². The van der Waals surface area contributed by atoms with Crippen molar-refractivity contribution in [2.45, 2.75) is 6.18 Å². The summed E-state index contributed by atoms with van der Waals surface area (Å²) in [5.41, 5.74) is 0. The second-order valence-electron chi connectivity index (χ2n) is 3.11. The zero-order valence-electron chi connectivity index (χ0n) is 9.33. The summed E-state index contributed by atoms with van der Waals surface area (Å²) < 4.78 is 50.6. The Hall–Kier alpha value is -0.860. The topological polar surface area (TPSA) is 65.0 Å². The lowest BCUT2D eigenvalue weighted by Gasteiger charge is -2.15. The highest BCUT2D eigenvalue weighted by Crippen LogP contribution is 2.26. The maximum absolute atomic E-state index is 12.1. The van der Waals surface area contributed by atoms with Gasteiger partial charge in [0.05, 0.1) is 33.0 Å². The third-order valence-electron chi connectivity index (χ3n) is 1.78. The van der Waals surface area contributed by atoms with E-state index >= 15 is 0 Å². The Bertz CT molecular complexity index is 219. The molecule has 0 aliphatic heterocycles. The molecule has 0 amide bonds. The van der Waals surface area contributed by atoms with Crippen LogP contribution in [0.25, 0.3) is 0 Å². The monoisotopic (exact) mass is 260 g/mol. The fourth-order valence-electron chi connectivity index (χ4n) is 0.869. The molecule has 0 aliphatic rings. The van der Waals surface area contributed by atoms with Crippen LogP contribution in [-0.4, -0.2) is 57.4 Å². The summed E-state index contributed by atoms with van der Waals surface area (Å²) in [5.74, 6) is -4.45. The van der Waals surface area contributed by atoms with Crippen molar-refractivity contribution in [2.75, 3.05) is 40.1 Å². The number of hydrogen-bond donors (Lipinski definition) is 1. The van der Waals surface area contributed by atoms with Gasteiger partial charge in [-0.05, 0) is 0 Å². The van der Waals surface area contributed by atoms with Gasteiger partial charge in [-0.25, -0.2) is 0 Å². The summed E-state index contributed by atoms with van der Waals surface area (Å²) in [5, 5.41) is 8.33. The summed E-state index contributed by atoms with van der Waals surface area (Å²) in [7, 11) is 1.49. The number of carbonyl (C=O) groups is 1. The van der Waals surface area contributed by atoms with Gasteiger partial charge in [-0.3, -0.25) is 4.79 Å². The number of alkyl halides is 3. The van der Waals surface area contributed by atoms with Gasteiger partial charge in [-0.1, -0.05) is 0 Å². The molecule has 0 fully saturated rings. The largest absolute Gasteiger partial charge is 0.481 e. The van der Waals surface area contributed by atoms with Crippen molar-refractivity contribution in [3.05, 3.63) is 0 Å². The molecule has 0 aromatic carbocycles. The van der Waals surface area contributed by atoms with Gasteiger partial charge in [0.25, 0.3) is 0 Å². The molecular formula is C9H15F3O5. The van der Waals surface area contributed by atoms with Crippen LogP contribution in [0.5, 0.6) is 0 Å². The Morgan fingerprint density at radius 2 is 1.71 bits per heavy atom. The van der Waals surface area contributed by atoms with E-state index in [2.05, 4.69) is 9.47 Å². The van der Waals surface area contributed by atoms with Crippen molar-refractivity contribution in [3.63, 3.8) is 0 Å². The third-order valence-corrected chi connectivity index (χ3v) is 1.78. The fraction of sp³-hybridized carbons (Fsp3) is 0.889. The summed E-state index contributed by atoms with van der Waals surface area (Å²) >= 11 is 0. The lowest BCUT2D eigenvalue weighted by atomic mass is 10.1. The maximum atomic E-state index is 12.1. The second-order valence-corrected chi connectivity index (χ2v) is 3.11. The molecule has 1 N–H and O–H groups in total. The highest BCUT2D eigenvalue weighted by atomic mass is 19.4. The molecule has 1 unspecified atom stereocenters. The molecule has 0 saturated heterocycles. The van der Waals surface area contributed by atoms with E-state index in [1.807, 2.05) is 0 Å². The van der Waals surface area contributed by atoms with Crippen LogP contribution in [0.1, 0.15) is 0 Å². The summed E-state index contributed by atoms with van der Waals surface area (Å²) in [6.45, 7) is -0.231. The summed E-state index contributed by atoms with van der Waals surface area (Å²) in [4.78, 5) is 10.3. The van der Waals surface area contributed by atoms with Crippen molar-refractivity contribution in [1.82, 2.24) is 0 Å². The number of halogens is 3. The third kappa shape index (κ3) is 7.94. The molecule has 0 bridgehead atoms. The lowest BCUT2D eigenvalue weighted by Crippen LogP contribution is -2.34. The SMILES string of the molecule is COCCOCCOCC(C(=O)O)C(F)(F)F. The van der Waals surface area contributed by atoms with Crippen molar-refractivity contribution in [1.29, 1.82) is 0 Å². The molecule has 0 aromatic rings. The Kier molecular flexibility index (Phi) is 7.85. The molecule has 0 aliphatic carbocycles. The van der Waals surface area contributed by atoms with Crippen molar-refractivity contribution in [3.8, 4) is 0 Å². The molecule has 8 heteroatoms. The lowest BCUT2D eigenvalue weighted by molar-refractivity contribution is -0.203. The van der Waals surface area contributed by atoms with Crippen LogP contribution < -0.4 is 0 Å². The Morgan fingerprint density at radius 3 is 2.18 bits per heavy atom. The first kappa shape index (κ1) is 16.1. The highest BCUT2D eigenvalue weighted by Gasteiger charge is 2.45. The molecule has 0 spiro atoms. The standard InChI is InChI=1S/C9H15F3O5/c1-15-2-3-16-4-5-17-6-7(8(13)14)9(10,11)12/h7H,2-6H2,1H3,(H,13,14). The number of hydrogen-bond acceptors (Lipinski definition) is 4. The minimum atomic E-state index is -4.80. The molecule has 0 aromatic heterocycles. The van der Waals surface area contributed by atoms with Gasteiger partial charge < -0.3 is 19.3 Å². The molecule has 0 radical (unpaired) electrons. The first-order chi connectivity index (χ1) is 7.89. The Balaban J connectivity index is 3.67. The quantitative estimate of drug-likeness (QED) is 0.625. The van der Waals surface area contributed by atoms with E-state index in [4.69, 9.17) is 9.84 Å². The van der Waals surface area contributed by atoms with Crippen molar-refractivity contribution < 1.29 is 37.3 Å². The van der Waals surface area contributed by atoms with Crippen molar-refractivity contribution >= 4 is 5.97 Å². The van der Waals surface area contributed by atoms with Crippen LogP contribution in [-0.2, 0) is 19.0 Å². The molecule has 0 rings (SSSR count). The van der Waals surface area contributed by atoms with E-state index < -0.39 is 24.7 Å². The average Bonchev–Trinajstić information content (AvgIpc) is 2.19. The van der Waals surface area contributed by atoms with Crippen molar-refractivity contribution in [2.24, 2.45) is 5.92 Å². The molecule has 0 heterocycles. The van der Waals surface area contributed by atoms with E-state index in [1.54, 1.807) is 0 Å². The number of rotatable bonds is 9. The van der Waals surface area contributed by atoms with Gasteiger partial charge in [0.2, 0.25) is 0 Å². The number of aliphatic carboxylic acids is 1. The predicted molar refractivity (Wildman–Crippen MR) is 50.7 cm³/mol. The zero-order chi connectivity index (χ0) is 13.3. The number of ether oxygens (including phenoxy) is 3. The summed E-state index contributed by atoms with van der Waals surface area (Å²) in [6.07, 6.45) is -4.80. The van der Waals surface area contributed by atoms with Gasteiger partial charge in [-0.15, -0.1) is 0 Å². The molecule has 5 nitrogen and oxygen atoms in total. The van der Waals surface area contributed by atoms with Crippen LogP contribution in [0.2, 0.25) is 0 Å². The minimum absolute atomic E-state index is 0.0908. The van der Waals surface area contributed by atoms with Crippen LogP contribution in [0.3, 0.4) is 0 Å².